The van der Waals surface area contributed by atoms with Gasteiger partial charge in [-0.3, -0.25) is 4.72 Å². The number of nitrogens with one attached hydrogen (secondary N) is 3. The number of ether oxygens (including phenoxy) is 1. The minimum Gasteiger partial charge on any atom is -0.494 e. The summed E-state index contributed by atoms with van der Waals surface area (Å²) in [5, 5.41) is 6.36. The van der Waals surface area contributed by atoms with Crippen LogP contribution in [0.5, 0.6) is 5.75 Å². The fourth-order valence-corrected chi connectivity index (χ4v) is 4.50. The Labute approximate surface area is 204 Å². The van der Waals surface area contributed by atoms with E-state index in [4.69, 9.17) is 4.74 Å². The Morgan fingerprint density at radius 2 is 1.54 bits per heavy atom. The molecule has 35 heavy (non-hydrogen) atoms. The van der Waals surface area contributed by atoms with Gasteiger partial charge in [0.25, 0.3) is 10.0 Å². The van der Waals surface area contributed by atoms with Gasteiger partial charge in [-0.25, -0.2) is 23.4 Å². The van der Waals surface area contributed by atoms with E-state index in [-0.39, 0.29) is 4.90 Å². The van der Waals surface area contributed by atoms with Crippen molar-refractivity contribution in [3.63, 3.8) is 0 Å². The van der Waals surface area contributed by atoms with Crippen LogP contribution in [0.4, 0.5) is 28.8 Å². The Kier molecular flexibility index (Phi) is 7.11. The molecule has 0 amide bonds. The summed E-state index contributed by atoms with van der Waals surface area (Å²) in [5.41, 5.74) is 1.94. The lowest BCUT2D eigenvalue weighted by Crippen LogP contribution is -2.13. The average Bonchev–Trinajstić information content (AvgIpc) is 2.82. The second-order valence-electron chi connectivity index (χ2n) is 7.69. The van der Waals surface area contributed by atoms with Crippen LogP contribution in [-0.2, 0) is 10.0 Å². The van der Waals surface area contributed by atoms with Crippen LogP contribution >= 0.6 is 0 Å². The van der Waals surface area contributed by atoms with Gasteiger partial charge in [0.2, 0.25) is 0 Å². The number of sulfonamides is 1. The molecule has 0 aliphatic carbocycles. The monoisotopic (exact) mass is 490 g/mol. The van der Waals surface area contributed by atoms with Crippen molar-refractivity contribution in [3.8, 4) is 5.75 Å². The molecule has 0 saturated heterocycles. The molecule has 0 aliphatic rings. The van der Waals surface area contributed by atoms with Crippen LogP contribution in [0.2, 0.25) is 0 Å². The highest BCUT2D eigenvalue weighted by Crippen LogP contribution is 2.25. The third-order valence-corrected chi connectivity index (χ3v) is 6.30. The first-order valence-electron chi connectivity index (χ1n) is 11.0. The SMILES string of the molecule is CCOc1ccc(S(=O)(=O)Nc2ccc(Nc3cc(Nc4ccccn4)nc(C)n3)cc2)cc1C. The highest BCUT2D eigenvalue weighted by molar-refractivity contribution is 7.92. The topological polar surface area (TPSA) is 118 Å². The normalized spacial score (nSPS) is 11.1. The van der Waals surface area contributed by atoms with Crippen molar-refractivity contribution in [2.75, 3.05) is 22.0 Å². The van der Waals surface area contributed by atoms with E-state index in [0.29, 0.717) is 41.3 Å². The summed E-state index contributed by atoms with van der Waals surface area (Å²) in [4.78, 5) is 13.2. The molecule has 0 saturated carbocycles. The number of hydrogen-bond acceptors (Lipinski definition) is 8. The second kappa shape index (κ2) is 10.4. The maximum absolute atomic E-state index is 12.8. The number of nitrogens with zero attached hydrogens (tertiary/aromatic N) is 3. The highest BCUT2D eigenvalue weighted by atomic mass is 32.2. The van der Waals surface area contributed by atoms with Gasteiger partial charge in [0.05, 0.1) is 11.5 Å². The van der Waals surface area contributed by atoms with Gasteiger partial charge in [-0.05, 0) is 80.9 Å². The highest BCUT2D eigenvalue weighted by Gasteiger charge is 2.16. The average molecular weight is 491 g/mol. The number of hydrogen-bond donors (Lipinski definition) is 3. The Balaban J connectivity index is 1.45. The molecule has 0 unspecified atom stereocenters. The zero-order valence-corrected chi connectivity index (χ0v) is 20.4. The maximum atomic E-state index is 12.8. The second-order valence-corrected chi connectivity index (χ2v) is 9.38. The Morgan fingerprint density at radius 3 is 2.20 bits per heavy atom. The van der Waals surface area contributed by atoms with Crippen LogP contribution in [0.25, 0.3) is 0 Å². The summed E-state index contributed by atoms with van der Waals surface area (Å²) < 4.78 is 33.8. The Morgan fingerprint density at radius 1 is 0.829 bits per heavy atom. The lowest BCUT2D eigenvalue weighted by Gasteiger charge is -2.12. The third-order valence-electron chi connectivity index (χ3n) is 4.93. The molecule has 4 aromatic rings. The number of pyridine rings is 1. The lowest BCUT2D eigenvalue weighted by atomic mass is 10.2. The zero-order valence-electron chi connectivity index (χ0n) is 19.6. The predicted molar refractivity (Wildman–Crippen MR) is 137 cm³/mol. The fourth-order valence-electron chi connectivity index (χ4n) is 3.35. The molecule has 2 aromatic heterocycles. The molecular weight excluding hydrogens is 464 g/mol. The van der Waals surface area contributed by atoms with E-state index < -0.39 is 10.0 Å². The van der Waals surface area contributed by atoms with E-state index in [1.165, 1.54) is 6.07 Å². The van der Waals surface area contributed by atoms with Gasteiger partial charge in [-0.1, -0.05) is 6.07 Å². The summed E-state index contributed by atoms with van der Waals surface area (Å²) >= 11 is 0. The van der Waals surface area contributed by atoms with Crippen molar-refractivity contribution in [3.05, 3.63) is 84.3 Å². The van der Waals surface area contributed by atoms with Crippen molar-refractivity contribution < 1.29 is 13.2 Å². The molecule has 2 aromatic carbocycles. The van der Waals surface area contributed by atoms with Crippen LogP contribution in [0.3, 0.4) is 0 Å². The zero-order chi connectivity index (χ0) is 24.8. The first-order valence-corrected chi connectivity index (χ1v) is 12.5. The minimum atomic E-state index is -3.74. The number of rotatable bonds is 9. The van der Waals surface area contributed by atoms with Crippen molar-refractivity contribution >= 4 is 38.9 Å². The number of aryl methyl sites for hydroxylation is 2. The van der Waals surface area contributed by atoms with Crippen LogP contribution in [0.15, 0.2) is 77.8 Å². The van der Waals surface area contributed by atoms with Crippen molar-refractivity contribution in [2.45, 2.75) is 25.7 Å². The van der Waals surface area contributed by atoms with Crippen molar-refractivity contribution in [2.24, 2.45) is 0 Å². The summed E-state index contributed by atoms with van der Waals surface area (Å²) in [6.45, 7) is 6.02. The molecule has 0 radical (unpaired) electrons. The van der Waals surface area contributed by atoms with Crippen LogP contribution in [0, 0.1) is 13.8 Å². The van der Waals surface area contributed by atoms with Crippen molar-refractivity contribution in [1.82, 2.24) is 15.0 Å². The standard InChI is InChI=1S/C25H26N6O3S/c1-4-34-22-13-12-21(15-17(22)2)35(32,33)31-20-10-8-19(9-11-20)29-24-16-25(28-18(3)27-24)30-23-7-5-6-14-26-23/h5-16,31H,4H2,1-3H3,(H2,26,27,28,29,30). The minimum absolute atomic E-state index is 0.171. The smallest absolute Gasteiger partial charge is 0.261 e. The van der Waals surface area contributed by atoms with Gasteiger partial charge in [-0.2, -0.15) is 0 Å². The van der Waals surface area contributed by atoms with E-state index in [0.717, 1.165) is 11.3 Å². The fraction of sp³-hybridized carbons (Fsp3) is 0.160. The van der Waals surface area contributed by atoms with Gasteiger partial charge in [0.1, 0.15) is 29.0 Å². The van der Waals surface area contributed by atoms with Gasteiger partial charge in [-0.15, -0.1) is 0 Å². The van der Waals surface area contributed by atoms with E-state index in [1.54, 1.807) is 55.6 Å². The van der Waals surface area contributed by atoms with Gasteiger partial charge < -0.3 is 15.4 Å². The molecule has 4 rings (SSSR count). The summed E-state index contributed by atoms with van der Waals surface area (Å²) in [5.74, 6) is 3.13. The number of benzene rings is 2. The van der Waals surface area contributed by atoms with E-state index in [1.807, 2.05) is 32.0 Å². The van der Waals surface area contributed by atoms with E-state index in [9.17, 15) is 8.42 Å². The van der Waals surface area contributed by atoms with Gasteiger partial charge >= 0.3 is 0 Å². The summed E-state index contributed by atoms with van der Waals surface area (Å²) in [7, 11) is -3.74. The summed E-state index contributed by atoms with van der Waals surface area (Å²) in [6.07, 6.45) is 1.70. The first kappa shape index (κ1) is 24.0. The van der Waals surface area contributed by atoms with Gasteiger partial charge in [0, 0.05) is 23.6 Å². The Bertz CT molecular complexity index is 1410. The van der Waals surface area contributed by atoms with E-state index >= 15 is 0 Å². The van der Waals surface area contributed by atoms with Crippen LogP contribution in [-0.4, -0.2) is 30.0 Å². The van der Waals surface area contributed by atoms with Gasteiger partial charge in [0.15, 0.2) is 0 Å². The van der Waals surface area contributed by atoms with Crippen molar-refractivity contribution in [1.29, 1.82) is 0 Å². The first-order chi connectivity index (χ1) is 16.8. The molecule has 2 heterocycles. The summed E-state index contributed by atoms with van der Waals surface area (Å²) in [6, 6.07) is 19.0. The largest absolute Gasteiger partial charge is 0.494 e. The third kappa shape index (κ3) is 6.24. The molecule has 0 spiro atoms. The predicted octanol–water partition coefficient (Wildman–Crippen LogP) is 5.18. The Hall–Kier alpha value is -4.18. The van der Waals surface area contributed by atoms with Crippen LogP contribution < -0.4 is 20.1 Å². The van der Waals surface area contributed by atoms with Crippen LogP contribution in [0.1, 0.15) is 18.3 Å². The molecule has 0 fully saturated rings. The number of aromatic nitrogens is 3. The molecule has 3 N–H and O–H groups in total. The van der Waals surface area contributed by atoms with E-state index in [2.05, 4.69) is 30.3 Å². The molecular formula is C25H26N6O3S. The molecule has 0 bridgehead atoms. The molecule has 9 nitrogen and oxygen atoms in total. The maximum Gasteiger partial charge on any atom is 0.261 e. The molecule has 0 atom stereocenters. The lowest BCUT2D eigenvalue weighted by molar-refractivity contribution is 0.337. The molecule has 10 heteroatoms. The molecule has 180 valence electrons. The number of anilines is 5. The quantitative estimate of drug-likeness (QED) is 0.294. The molecule has 0 aliphatic heterocycles.